The standard InChI is InChI=1S/C22H28N2O2/c1-14-9-17-7-5-6-8-20(17)24(13-14)21(25)12-19(23)22-15(2)10-18(26-4)11-16(22)3/h5-8,10-11,14,19H,9,12-13,23H2,1-4H3. The Balaban J connectivity index is 1.83. The summed E-state index contributed by atoms with van der Waals surface area (Å²) < 4.78 is 5.32. The Kier molecular flexibility index (Phi) is 5.33. The minimum Gasteiger partial charge on any atom is -0.497 e. The summed E-state index contributed by atoms with van der Waals surface area (Å²) in [5.74, 6) is 1.36. The fraction of sp³-hybridized carbons (Fsp3) is 0.409. The van der Waals surface area contributed by atoms with Crippen LogP contribution in [0, 0.1) is 19.8 Å². The zero-order valence-corrected chi connectivity index (χ0v) is 16.1. The first-order chi connectivity index (χ1) is 12.4. The summed E-state index contributed by atoms with van der Waals surface area (Å²) >= 11 is 0. The third-order valence-electron chi connectivity index (χ3n) is 5.21. The first kappa shape index (κ1) is 18.5. The van der Waals surface area contributed by atoms with Crippen molar-refractivity contribution >= 4 is 11.6 Å². The summed E-state index contributed by atoms with van der Waals surface area (Å²) in [5, 5.41) is 0. The highest BCUT2D eigenvalue weighted by molar-refractivity contribution is 5.95. The molecular formula is C22H28N2O2. The number of para-hydroxylation sites is 1. The van der Waals surface area contributed by atoms with Gasteiger partial charge in [0.05, 0.1) is 7.11 Å². The highest BCUT2D eigenvalue weighted by Gasteiger charge is 2.28. The molecule has 4 heteroatoms. The van der Waals surface area contributed by atoms with Crippen molar-refractivity contribution < 1.29 is 9.53 Å². The first-order valence-corrected chi connectivity index (χ1v) is 9.19. The molecule has 0 fully saturated rings. The van der Waals surface area contributed by atoms with Crippen molar-refractivity contribution in [1.29, 1.82) is 0 Å². The number of carbonyl (C=O) groups excluding carboxylic acids is 1. The molecule has 0 radical (unpaired) electrons. The summed E-state index contributed by atoms with van der Waals surface area (Å²) in [4.78, 5) is 15.0. The number of fused-ring (bicyclic) bond motifs is 1. The van der Waals surface area contributed by atoms with E-state index in [1.807, 2.05) is 49.1 Å². The SMILES string of the molecule is COc1cc(C)c(C(N)CC(=O)N2CC(C)Cc3ccccc32)c(C)c1. The van der Waals surface area contributed by atoms with E-state index in [4.69, 9.17) is 10.5 Å². The summed E-state index contributed by atoms with van der Waals surface area (Å²) in [6.07, 6.45) is 1.32. The number of ether oxygens (including phenoxy) is 1. The summed E-state index contributed by atoms with van der Waals surface area (Å²) in [6, 6.07) is 11.8. The Labute approximate surface area is 156 Å². The van der Waals surface area contributed by atoms with E-state index in [9.17, 15) is 4.79 Å². The van der Waals surface area contributed by atoms with E-state index in [1.165, 1.54) is 5.56 Å². The number of carbonyl (C=O) groups is 1. The normalized spacial score (nSPS) is 17.6. The number of methoxy groups -OCH3 is 1. The van der Waals surface area contributed by atoms with Crippen molar-refractivity contribution in [2.75, 3.05) is 18.6 Å². The molecule has 1 heterocycles. The quantitative estimate of drug-likeness (QED) is 0.907. The second-order valence-electron chi connectivity index (χ2n) is 7.43. The fourth-order valence-electron chi connectivity index (χ4n) is 4.07. The molecule has 0 bridgehead atoms. The zero-order chi connectivity index (χ0) is 18.8. The maximum Gasteiger partial charge on any atom is 0.228 e. The fourth-order valence-corrected chi connectivity index (χ4v) is 4.07. The van der Waals surface area contributed by atoms with Crippen LogP contribution in [0.3, 0.4) is 0 Å². The number of hydrogen-bond donors (Lipinski definition) is 1. The van der Waals surface area contributed by atoms with Crippen LogP contribution in [0.4, 0.5) is 5.69 Å². The van der Waals surface area contributed by atoms with E-state index in [0.29, 0.717) is 12.3 Å². The molecule has 0 saturated carbocycles. The minimum absolute atomic E-state index is 0.0890. The second-order valence-corrected chi connectivity index (χ2v) is 7.43. The van der Waals surface area contributed by atoms with Gasteiger partial charge in [0, 0.05) is 24.7 Å². The Morgan fingerprint density at radius 1 is 1.27 bits per heavy atom. The van der Waals surface area contributed by atoms with Gasteiger partial charge in [-0.15, -0.1) is 0 Å². The lowest BCUT2D eigenvalue weighted by Gasteiger charge is -2.34. The summed E-state index contributed by atoms with van der Waals surface area (Å²) in [7, 11) is 1.66. The molecule has 1 aliphatic heterocycles. The molecule has 1 amide bonds. The van der Waals surface area contributed by atoms with Crippen LogP contribution in [0.1, 0.15) is 41.6 Å². The van der Waals surface area contributed by atoms with Crippen LogP contribution in [0.5, 0.6) is 5.75 Å². The Morgan fingerprint density at radius 2 is 1.92 bits per heavy atom. The van der Waals surface area contributed by atoms with Crippen LogP contribution >= 0.6 is 0 Å². The number of nitrogens with zero attached hydrogens (tertiary/aromatic N) is 1. The van der Waals surface area contributed by atoms with Gasteiger partial charge in [-0.3, -0.25) is 4.79 Å². The molecule has 4 nitrogen and oxygen atoms in total. The van der Waals surface area contributed by atoms with Gasteiger partial charge in [-0.25, -0.2) is 0 Å². The van der Waals surface area contributed by atoms with Crippen LogP contribution < -0.4 is 15.4 Å². The van der Waals surface area contributed by atoms with Crippen molar-refractivity contribution in [3.8, 4) is 5.75 Å². The van der Waals surface area contributed by atoms with Crippen molar-refractivity contribution in [3.63, 3.8) is 0 Å². The van der Waals surface area contributed by atoms with Gasteiger partial charge in [-0.2, -0.15) is 0 Å². The molecule has 0 aromatic heterocycles. The monoisotopic (exact) mass is 352 g/mol. The van der Waals surface area contributed by atoms with Crippen LogP contribution in [-0.2, 0) is 11.2 Å². The molecule has 0 spiro atoms. The van der Waals surface area contributed by atoms with Crippen molar-refractivity contribution in [1.82, 2.24) is 0 Å². The van der Waals surface area contributed by atoms with Gasteiger partial charge >= 0.3 is 0 Å². The van der Waals surface area contributed by atoms with Crippen LogP contribution in [0.25, 0.3) is 0 Å². The average Bonchev–Trinajstić information content (AvgIpc) is 2.60. The van der Waals surface area contributed by atoms with Gasteiger partial charge < -0.3 is 15.4 Å². The Hall–Kier alpha value is -2.33. The number of aryl methyl sites for hydroxylation is 2. The molecule has 2 unspecified atom stereocenters. The predicted octanol–water partition coefficient (Wildman–Crippen LogP) is 3.93. The largest absolute Gasteiger partial charge is 0.497 e. The Bertz CT molecular complexity index is 793. The molecule has 26 heavy (non-hydrogen) atoms. The highest BCUT2D eigenvalue weighted by atomic mass is 16.5. The van der Waals surface area contributed by atoms with Crippen LogP contribution in [-0.4, -0.2) is 19.6 Å². The topological polar surface area (TPSA) is 55.6 Å². The van der Waals surface area contributed by atoms with Crippen molar-refractivity contribution in [2.45, 2.75) is 39.7 Å². The third-order valence-corrected chi connectivity index (χ3v) is 5.21. The summed E-state index contributed by atoms with van der Waals surface area (Å²) in [5.41, 5.74) is 11.9. The number of anilines is 1. The predicted molar refractivity (Wildman–Crippen MR) is 106 cm³/mol. The van der Waals surface area contributed by atoms with Gasteiger partial charge in [0.25, 0.3) is 0 Å². The first-order valence-electron chi connectivity index (χ1n) is 9.19. The molecule has 2 aromatic rings. The zero-order valence-electron chi connectivity index (χ0n) is 16.1. The number of rotatable bonds is 4. The molecule has 1 aliphatic rings. The van der Waals surface area contributed by atoms with Crippen molar-refractivity contribution in [2.24, 2.45) is 11.7 Å². The minimum atomic E-state index is -0.321. The maximum atomic E-state index is 13.1. The number of amides is 1. The van der Waals surface area contributed by atoms with Gasteiger partial charge in [0.2, 0.25) is 5.91 Å². The smallest absolute Gasteiger partial charge is 0.228 e. The van der Waals surface area contributed by atoms with Gasteiger partial charge in [0.1, 0.15) is 5.75 Å². The lowest BCUT2D eigenvalue weighted by molar-refractivity contribution is -0.119. The van der Waals surface area contributed by atoms with E-state index >= 15 is 0 Å². The lowest BCUT2D eigenvalue weighted by Crippen LogP contribution is -2.40. The Morgan fingerprint density at radius 3 is 2.58 bits per heavy atom. The number of hydrogen-bond acceptors (Lipinski definition) is 3. The van der Waals surface area contributed by atoms with Gasteiger partial charge in [-0.05, 0) is 66.6 Å². The maximum absolute atomic E-state index is 13.1. The van der Waals surface area contributed by atoms with Gasteiger partial charge in [-0.1, -0.05) is 25.1 Å². The summed E-state index contributed by atoms with van der Waals surface area (Å²) in [6.45, 7) is 6.98. The molecular weight excluding hydrogens is 324 g/mol. The van der Waals surface area contributed by atoms with E-state index < -0.39 is 0 Å². The molecule has 3 rings (SSSR count). The molecule has 2 atom stereocenters. The molecule has 0 saturated heterocycles. The molecule has 2 aromatic carbocycles. The molecule has 2 N–H and O–H groups in total. The van der Waals surface area contributed by atoms with E-state index in [2.05, 4.69) is 13.0 Å². The van der Waals surface area contributed by atoms with E-state index in [-0.39, 0.29) is 11.9 Å². The van der Waals surface area contributed by atoms with Crippen LogP contribution in [0.2, 0.25) is 0 Å². The van der Waals surface area contributed by atoms with E-state index in [0.717, 1.165) is 41.1 Å². The number of nitrogens with two attached hydrogens (primary N) is 1. The number of benzene rings is 2. The highest BCUT2D eigenvalue weighted by Crippen LogP contribution is 2.32. The van der Waals surface area contributed by atoms with Crippen LogP contribution in [0.15, 0.2) is 36.4 Å². The second kappa shape index (κ2) is 7.50. The third kappa shape index (κ3) is 3.61. The average molecular weight is 352 g/mol. The van der Waals surface area contributed by atoms with Crippen molar-refractivity contribution in [3.05, 3.63) is 58.7 Å². The van der Waals surface area contributed by atoms with E-state index in [1.54, 1.807) is 7.11 Å². The molecule has 0 aliphatic carbocycles. The van der Waals surface area contributed by atoms with Gasteiger partial charge in [0.15, 0.2) is 0 Å². The lowest BCUT2D eigenvalue weighted by atomic mass is 9.91. The molecule has 138 valence electrons.